The summed E-state index contributed by atoms with van der Waals surface area (Å²) in [7, 11) is 6.02. The van der Waals surface area contributed by atoms with Gasteiger partial charge in [0.1, 0.15) is 11.3 Å². The Morgan fingerprint density at radius 3 is 2.31 bits per heavy atom. The summed E-state index contributed by atoms with van der Waals surface area (Å²) in [4.78, 5) is 31.5. The minimum absolute atomic E-state index is 0.0789. The van der Waals surface area contributed by atoms with Crippen LogP contribution in [0, 0.1) is 0 Å². The van der Waals surface area contributed by atoms with E-state index in [1.54, 1.807) is 42.0 Å². The van der Waals surface area contributed by atoms with Crippen molar-refractivity contribution in [3.8, 4) is 23.0 Å². The summed E-state index contributed by atoms with van der Waals surface area (Å²) >= 11 is 1.19. The highest BCUT2D eigenvalue weighted by Crippen LogP contribution is 2.42. The smallest absolute Gasteiger partial charge is 0.262 e. The fourth-order valence-electron chi connectivity index (χ4n) is 3.83. The van der Waals surface area contributed by atoms with Gasteiger partial charge in [-0.1, -0.05) is 54.2 Å². The number of carbonyl (C=O) groups excluding carboxylic acids is 1. The van der Waals surface area contributed by atoms with E-state index in [-0.39, 0.29) is 29.4 Å². The van der Waals surface area contributed by atoms with Crippen LogP contribution in [0.5, 0.6) is 23.0 Å². The molecule has 4 rings (SSSR count). The zero-order valence-corrected chi connectivity index (χ0v) is 21.3. The summed E-state index contributed by atoms with van der Waals surface area (Å²) < 4.78 is 23.3. The van der Waals surface area contributed by atoms with E-state index >= 15 is 0 Å². The minimum atomic E-state index is -0.278. The second-order valence-electron chi connectivity index (χ2n) is 7.76. The van der Waals surface area contributed by atoms with Crippen LogP contribution in [0.1, 0.15) is 15.9 Å². The number of fused-ring (bicyclic) bond motifs is 1. The average Bonchev–Trinajstić information content (AvgIpc) is 2.92. The fourth-order valence-corrected chi connectivity index (χ4v) is 4.71. The van der Waals surface area contributed by atoms with Crippen molar-refractivity contribution >= 4 is 28.4 Å². The van der Waals surface area contributed by atoms with Gasteiger partial charge in [0.25, 0.3) is 5.56 Å². The van der Waals surface area contributed by atoms with E-state index in [4.69, 9.17) is 23.9 Å². The molecule has 0 spiro atoms. The van der Waals surface area contributed by atoms with Crippen molar-refractivity contribution in [1.29, 1.82) is 0 Å². The van der Waals surface area contributed by atoms with Gasteiger partial charge in [-0.3, -0.25) is 14.2 Å². The third kappa shape index (κ3) is 5.01. The van der Waals surface area contributed by atoms with Crippen LogP contribution in [-0.2, 0) is 6.54 Å². The SMILES string of the molecule is COc1cccc(C(=O)CSc2nc3c(OC)c(OC)c(OC)cc3c(=O)n2Cc2ccccc2)c1. The van der Waals surface area contributed by atoms with Crippen molar-refractivity contribution in [2.45, 2.75) is 11.7 Å². The van der Waals surface area contributed by atoms with Gasteiger partial charge in [-0.05, 0) is 23.8 Å². The first-order valence-corrected chi connectivity index (χ1v) is 12.1. The predicted octanol–water partition coefficient (Wildman–Crippen LogP) is 4.45. The lowest BCUT2D eigenvalue weighted by atomic mass is 10.1. The topological polar surface area (TPSA) is 88.9 Å². The molecule has 0 bridgehead atoms. The lowest BCUT2D eigenvalue weighted by molar-refractivity contribution is 0.102. The molecule has 0 N–H and O–H groups in total. The maximum Gasteiger partial charge on any atom is 0.262 e. The van der Waals surface area contributed by atoms with Crippen molar-refractivity contribution in [2.75, 3.05) is 34.2 Å². The monoisotopic (exact) mass is 506 g/mol. The molecular formula is C27H26N2O6S. The number of ether oxygens (including phenoxy) is 4. The summed E-state index contributed by atoms with van der Waals surface area (Å²) in [6, 6.07) is 18.2. The van der Waals surface area contributed by atoms with Gasteiger partial charge in [0.15, 0.2) is 22.4 Å². The molecule has 8 nitrogen and oxygen atoms in total. The van der Waals surface area contributed by atoms with Gasteiger partial charge in [-0.2, -0.15) is 0 Å². The molecule has 0 fully saturated rings. The van der Waals surface area contributed by atoms with Gasteiger partial charge in [0.2, 0.25) is 5.75 Å². The van der Waals surface area contributed by atoms with E-state index in [9.17, 15) is 9.59 Å². The van der Waals surface area contributed by atoms with E-state index in [1.165, 1.54) is 33.1 Å². The zero-order valence-electron chi connectivity index (χ0n) is 20.4. The summed E-state index contributed by atoms with van der Waals surface area (Å²) in [6.07, 6.45) is 0. The van der Waals surface area contributed by atoms with E-state index in [2.05, 4.69) is 0 Å². The normalized spacial score (nSPS) is 10.8. The molecule has 0 amide bonds. The van der Waals surface area contributed by atoms with Crippen molar-refractivity contribution in [3.63, 3.8) is 0 Å². The first kappa shape index (κ1) is 25.1. The number of nitrogens with zero attached hydrogens (tertiary/aromatic N) is 2. The van der Waals surface area contributed by atoms with Crippen LogP contribution in [0.4, 0.5) is 0 Å². The molecule has 3 aromatic carbocycles. The van der Waals surface area contributed by atoms with Crippen molar-refractivity contribution in [1.82, 2.24) is 9.55 Å². The molecular weight excluding hydrogens is 480 g/mol. The Morgan fingerprint density at radius 2 is 1.64 bits per heavy atom. The van der Waals surface area contributed by atoms with Crippen LogP contribution in [0.15, 0.2) is 70.6 Å². The number of methoxy groups -OCH3 is 4. The molecule has 0 saturated heterocycles. The Bertz CT molecular complexity index is 1450. The van der Waals surface area contributed by atoms with Gasteiger partial charge in [-0.25, -0.2) is 4.98 Å². The van der Waals surface area contributed by atoms with E-state index in [0.29, 0.717) is 38.9 Å². The molecule has 36 heavy (non-hydrogen) atoms. The Hall–Kier alpha value is -3.98. The molecule has 0 aliphatic heterocycles. The van der Waals surface area contributed by atoms with E-state index in [0.717, 1.165) is 5.56 Å². The number of hydrogen-bond acceptors (Lipinski definition) is 8. The standard InChI is InChI=1S/C27H26N2O6S/c1-32-19-12-8-11-18(13-19)21(30)16-36-27-28-23-20(14-22(33-2)24(34-3)25(23)35-4)26(31)29(27)15-17-9-6-5-7-10-17/h5-14H,15-16H2,1-4H3. The maximum atomic E-state index is 13.7. The van der Waals surface area contributed by atoms with Crippen LogP contribution in [0.2, 0.25) is 0 Å². The highest BCUT2D eigenvalue weighted by atomic mass is 32.2. The molecule has 0 unspecified atom stereocenters. The molecule has 0 saturated carbocycles. The molecule has 9 heteroatoms. The number of aromatic nitrogens is 2. The van der Waals surface area contributed by atoms with Crippen LogP contribution in [0.25, 0.3) is 10.9 Å². The number of Topliss-reactive ketones (excluding diaryl/α,β-unsaturated/α-hetero) is 1. The van der Waals surface area contributed by atoms with Gasteiger partial charge < -0.3 is 18.9 Å². The van der Waals surface area contributed by atoms with Crippen LogP contribution >= 0.6 is 11.8 Å². The number of thioether (sulfide) groups is 1. The molecule has 0 aliphatic carbocycles. The van der Waals surface area contributed by atoms with Crippen LogP contribution < -0.4 is 24.5 Å². The predicted molar refractivity (Wildman–Crippen MR) is 139 cm³/mol. The summed E-state index contributed by atoms with van der Waals surface area (Å²) in [5.41, 5.74) is 1.50. The lowest BCUT2D eigenvalue weighted by Gasteiger charge is -2.17. The lowest BCUT2D eigenvalue weighted by Crippen LogP contribution is -2.24. The van der Waals surface area contributed by atoms with E-state index in [1.807, 2.05) is 30.3 Å². The highest BCUT2D eigenvalue weighted by Gasteiger charge is 2.22. The second kappa shape index (κ2) is 11.2. The molecule has 1 heterocycles. The number of rotatable bonds is 10. The Morgan fingerprint density at radius 1 is 0.889 bits per heavy atom. The summed E-state index contributed by atoms with van der Waals surface area (Å²) in [5.74, 6) is 1.55. The Balaban J connectivity index is 1.82. The highest BCUT2D eigenvalue weighted by molar-refractivity contribution is 7.99. The third-order valence-corrected chi connectivity index (χ3v) is 6.60. The molecule has 1 aromatic heterocycles. The molecule has 4 aromatic rings. The Kier molecular flexibility index (Phi) is 7.80. The Labute approximate surface area is 212 Å². The second-order valence-corrected chi connectivity index (χ2v) is 8.70. The van der Waals surface area contributed by atoms with Crippen molar-refractivity contribution in [2.24, 2.45) is 0 Å². The van der Waals surface area contributed by atoms with Crippen LogP contribution in [-0.4, -0.2) is 49.5 Å². The zero-order chi connectivity index (χ0) is 25.7. The van der Waals surface area contributed by atoms with Gasteiger partial charge in [0.05, 0.1) is 46.1 Å². The largest absolute Gasteiger partial charge is 0.497 e. The van der Waals surface area contributed by atoms with E-state index < -0.39 is 0 Å². The maximum absolute atomic E-state index is 13.7. The minimum Gasteiger partial charge on any atom is -0.497 e. The van der Waals surface area contributed by atoms with Gasteiger partial charge >= 0.3 is 0 Å². The fraction of sp³-hybridized carbons (Fsp3) is 0.222. The summed E-state index contributed by atoms with van der Waals surface area (Å²) in [6.45, 7) is 0.287. The molecule has 0 atom stereocenters. The van der Waals surface area contributed by atoms with Crippen molar-refractivity contribution < 1.29 is 23.7 Å². The number of ketones is 1. The van der Waals surface area contributed by atoms with Gasteiger partial charge in [-0.15, -0.1) is 0 Å². The first-order valence-electron chi connectivity index (χ1n) is 11.1. The average molecular weight is 507 g/mol. The quantitative estimate of drug-likeness (QED) is 0.177. The third-order valence-electron chi connectivity index (χ3n) is 5.63. The number of hydrogen-bond donors (Lipinski definition) is 0. The molecule has 186 valence electrons. The summed E-state index contributed by atoms with van der Waals surface area (Å²) in [5, 5.41) is 0.710. The molecule has 0 radical (unpaired) electrons. The van der Waals surface area contributed by atoms with Crippen LogP contribution in [0.3, 0.4) is 0 Å². The van der Waals surface area contributed by atoms with Gasteiger partial charge in [0, 0.05) is 5.56 Å². The number of benzene rings is 3. The molecule has 0 aliphatic rings. The number of carbonyl (C=O) groups is 1. The van der Waals surface area contributed by atoms with Crippen molar-refractivity contribution in [3.05, 3.63) is 82.1 Å². The first-order chi connectivity index (χ1) is 17.5.